The molecule has 2 heteroatoms. The first-order valence-electron chi connectivity index (χ1n) is 4.25. The molecule has 1 N–H and O–H groups in total. The first kappa shape index (κ1) is 9.96. The molecule has 0 aliphatic carbocycles. The molecular weight excluding hydrogens is 164 g/mol. The van der Waals surface area contributed by atoms with Gasteiger partial charge < -0.3 is 9.84 Å². The molecule has 0 saturated carbocycles. The van der Waals surface area contributed by atoms with Gasteiger partial charge in [0.2, 0.25) is 0 Å². The molecule has 1 aromatic rings. The molecule has 70 valence electrons. The summed E-state index contributed by atoms with van der Waals surface area (Å²) in [5.74, 6) is 0. The zero-order valence-corrected chi connectivity index (χ0v) is 7.68. The normalized spacial score (nSPS) is 14.9. The van der Waals surface area contributed by atoms with Gasteiger partial charge in [0.25, 0.3) is 0 Å². The van der Waals surface area contributed by atoms with E-state index in [-0.39, 0.29) is 6.10 Å². The van der Waals surface area contributed by atoms with Crippen molar-refractivity contribution in [1.29, 1.82) is 0 Å². The van der Waals surface area contributed by atoms with Gasteiger partial charge in [-0.25, -0.2) is 0 Å². The van der Waals surface area contributed by atoms with E-state index in [1.54, 1.807) is 13.0 Å². The summed E-state index contributed by atoms with van der Waals surface area (Å²) in [7, 11) is 0. The van der Waals surface area contributed by atoms with Crippen molar-refractivity contribution in [3.8, 4) is 0 Å². The van der Waals surface area contributed by atoms with Crippen LogP contribution in [-0.2, 0) is 4.74 Å². The standard InChI is InChI=1S/C11H14O2/c1-3-11(13-9(2)12)10-7-5-4-6-8-10/h3-9,11-12H,1H2,2H3. The van der Waals surface area contributed by atoms with Crippen molar-refractivity contribution in [2.75, 3.05) is 0 Å². The molecule has 1 rings (SSSR count). The maximum Gasteiger partial charge on any atom is 0.152 e. The van der Waals surface area contributed by atoms with Gasteiger partial charge in [0.1, 0.15) is 6.10 Å². The van der Waals surface area contributed by atoms with Crippen LogP contribution < -0.4 is 0 Å². The molecule has 2 unspecified atom stereocenters. The molecule has 0 aliphatic heterocycles. The minimum Gasteiger partial charge on any atom is -0.368 e. The second-order valence-electron chi connectivity index (χ2n) is 2.80. The molecule has 0 saturated heterocycles. The van der Waals surface area contributed by atoms with Gasteiger partial charge in [-0.05, 0) is 12.5 Å². The van der Waals surface area contributed by atoms with Crippen LogP contribution in [0.2, 0.25) is 0 Å². The fraction of sp³-hybridized carbons (Fsp3) is 0.273. The van der Waals surface area contributed by atoms with E-state index in [4.69, 9.17) is 9.84 Å². The predicted molar refractivity (Wildman–Crippen MR) is 52.1 cm³/mol. The third-order valence-corrected chi connectivity index (χ3v) is 1.69. The molecule has 1 aromatic carbocycles. The van der Waals surface area contributed by atoms with Gasteiger partial charge in [0.05, 0.1) is 0 Å². The summed E-state index contributed by atoms with van der Waals surface area (Å²) in [6.45, 7) is 5.24. The molecule has 0 aromatic heterocycles. The van der Waals surface area contributed by atoms with Crippen LogP contribution in [0.15, 0.2) is 43.0 Å². The van der Waals surface area contributed by atoms with E-state index in [1.807, 2.05) is 30.3 Å². The van der Waals surface area contributed by atoms with Gasteiger partial charge >= 0.3 is 0 Å². The Morgan fingerprint density at radius 1 is 1.38 bits per heavy atom. The van der Waals surface area contributed by atoms with Crippen molar-refractivity contribution in [1.82, 2.24) is 0 Å². The Labute approximate surface area is 78.5 Å². The number of hydrogen-bond acceptors (Lipinski definition) is 2. The average Bonchev–Trinajstić information content (AvgIpc) is 2.15. The summed E-state index contributed by atoms with van der Waals surface area (Å²) in [6, 6.07) is 9.67. The van der Waals surface area contributed by atoms with Gasteiger partial charge in [0, 0.05) is 0 Å². The number of ether oxygens (including phenoxy) is 1. The summed E-state index contributed by atoms with van der Waals surface area (Å²) in [4.78, 5) is 0. The molecule has 2 nitrogen and oxygen atoms in total. The third kappa shape index (κ3) is 3.01. The number of aliphatic hydroxyl groups is 1. The van der Waals surface area contributed by atoms with Crippen LogP contribution in [0.5, 0.6) is 0 Å². The summed E-state index contributed by atoms with van der Waals surface area (Å²) in [5, 5.41) is 9.05. The van der Waals surface area contributed by atoms with Crippen molar-refractivity contribution in [3.05, 3.63) is 48.6 Å². The Morgan fingerprint density at radius 3 is 2.46 bits per heavy atom. The quantitative estimate of drug-likeness (QED) is 0.566. The molecular formula is C11H14O2. The number of rotatable bonds is 4. The van der Waals surface area contributed by atoms with Gasteiger partial charge in [-0.3, -0.25) is 0 Å². The zero-order valence-electron chi connectivity index (χ0n) is 7.68. The molecule has 0 radical (unpaired) electrons. The lowest BCUT2D eigenvalue weighted by Gasteiger charge is -2.15. The minimum atomic E-state index is -0.775. The van der Waals surface area contributed by atoms with Crippen LogP contribution in [0.25, 0.3) is 0 Å². The largest absolute Gasteiger partial charge is 0.368 e. The number of aliphatic hydroxyl groups excluding tert-OH is 1. The van der Waals surface area contributed by atoms with Crippen molar-refractivity contribution < 1.29 is 9.84 Å². The van der Waals surface area contributed by atoms with Crippen LogP contribution in [0, 0.1) is 0 Å². The smallest absolute Gasteiger partial charge is 0.152 e. The van der Waals surface area contributed by atoms with E-state index >= 15 is 0 Å². The lowest BCUT2D eigenvalue weighted by Crippen LogP contribution is -2.10. The van der Waals surface area contributed by atoms with E-state index in [9.17, 15) is 0 Å². The summed E-state index contributed by atoms with van der Waals surface area (Å²) < 4.78 is 5.22. The van der Waals surface area contributed by atoms with Crippen LogP contribution in [-0.4, -0.2) is 11.4 Å². The van der Waals surface area contributed by atoms with Crippen molar-refractivity contribution >= 4 is 0 Å². The number of benzene rings is 1. The minimum absolute atomic E-state index is 0.235. The van der Waals surface area contributed by atoms with Gasteiger partial charge in [-0.2, -0.15) is 0 Å². The third-order valence-electron chi connectivity index (χ3n) is 1.69. The van der Waals surface area contributed by atoms with E-state index in [0.29, 0.717) is 0 Å². The summed E-state index contributed by atoms with van der Waals surface area (Å²) in [6.07, 6.45) is 0.659. The molecule has 0 spiro atoms. The van der Waals surface area contributed by atoms with Crippen molar-refractivity contribution in [2.45, 2.75) is 19.3 Å². The molecule has 0 aliphatic rings. The Morgan fingerprint density at radius 2 is 2.00 bits per heavy atom. The maximum absolute atomic E-state index is 9.05. The molecule has 13 heavy (non-hydrogen) atoms. The first-order valence-corrected chi connectivity index (χ1v) is 4.25. The zero-order chi connectivity index (χ0) is 9.68. The Bertz CT molecular complexity index is 254. The molecule has 0 fully saturated rings. The second-order valence-corrected chi connectivity index (χ2v) is 2.80. The SMILES string of the molecule is C=CC(OC(C)O)c1ccccc1. The highest BCUT2D eigenvalue weighted by Gasteiger charge is 2.09. The predicted octanol–water partition coefficient (Wildman–Crippen LogP) is 2.27. The Kier molecular flexibility index (Phi) is 3.68. The van der Waals surface area contributed by atoms with Crippen LogP contribution in [0.4, 0.5) is 0 Å². The molecule has 0 heterocycles. The highest BCUT2D eigenvalue weighted by Crippen LogP contribution is 2.18. The van der Waals surface area contributed by atoms with Crippen LogP contribution in [0.1, 0.15) is 18.6 Å². The fourth-order valence-corrected chi connectivity index (χ4v) is 1.13. The second kappa shape index (κ2) is 4.80. The Balaban J connectivity index is 2.73. The molecule has 0 amide bonds. The first-order chi connectivity index (χ1) is 6.24. The lowest BCUT2D eigenvalue weighted by atomic mass is 10.1. The molecule has 0 bridgehead atoms. The fourth-order valence-electron chi connectivity index (χ4n) is 1.13. The van der Waals surface area contributed by atoms with Gasteiger partial charge in [-0.15, -0.1) is 6.58 Å². The maximum atomic E-state index is 9.05. The van der Waals surface area contributed by atoms with E-state index < -0.39 is 6.29 Å². The molecule has 2 atom stereocenters. The van der Waals surface area contributed by atoms with Crippen molar-refractivity contribution in [3.63, 3.8) is 0 Å². The van der Waals surface area contributed by atoms with Crippen molar-refractivity contribution in [2.24, 2.45) is 0 Å². The van der Waals surface area contributed by atoms with E-state index in [0.717, 1.165) is 5.56 Å². The van der Waals surface area contributed by atoms with Crippen LogP contribution >= 0.6 is 0 Å². The Hall–Kier alpha value is -1.12. The average molecular weight is 178 g/mol. The highest BCUT2D eigenvalue weighted by molar-refractivity contribution is 5.20. The highest BCUT2D eigenvalue weighted by atomic mass is 16.6. The summed E-state index contributed by atoms with van der Waals surface area (Å²) in [5.41, 5.74) is 0.999. The van der Waals surface area contributed by atoms with E-state index in [1.165, 1.54) is 0 Å². The van der Waals surface area contributed by atoms with E-state index in [2.05, 4.69) is 6.58 Å². The summed E-state index contributed by atoms with van der Waals surface area (Å²) >= 11 is 0. The monoisotopic (exact) mass is 178 g/mol. The van der Waals surface area contributed by atoms with Crippen LogP contribution in [0.3, 0.4) is 0 Å². The lowest BCUT2D eigenvalue weighted by molar-refractivity contribution is -0.110. The van der Waals surface area contributed by atoms with Gasteiger partial charge in [0.15, 0.2) is 6.29 Å². The number of hydrogen-bond donors (Lipinski definition) is 1. The topological polar surface area (TPSA) is 29.5 Å². The van der Waals surface area contributed by atoms with Gasteiger partial charge in [-0.1, -0.05) is 36.4 Å².